The summed E-state index contributed by atoms with van der Waals surface area (Å²) in [6.45, 7) is 4.21. The van der Waals surface area contributed by atoms with Gasteiger partial charge in [-0.15, -0.1) is 0 Å². The lowest BCUT2D eigenvalue weighted by molar-refractivity contribution is -0.385. The first-order valence-electron chi connectivity index (χ1n) is 6.88. The number of hydrogen-bond donors (Lipinski definition) is 1. The lowest BCUT2D eigenvalue weighted by Gasteiger charge is -2.39. The van der Waals surface area contributed by atoms with Crippen LogP contribution in [0.4, 0.5) is 5.69 Å². The largest absolute Gasteiger partial charge is 0.332 e. The molecule has 1 aliphatic heterocycles. The van der Waals surface area contributed by atoms with Crippen molar-refractivity contribution < 1.29 is 9.72 Å². The number of piperazine rings is 1. The molecule has 0 aromatic heterocycles. The molecule has 1 unspecified atom stereocenters. The van der Waals surface area contributed by atoms with Crippen LogP contribution in [0.25, 0.3) is 0 Å². The van der Waals surface area contributed by atoms with Gasteiger partial charge in [0.25, 0.3) is 11.6 Å². The predicted octanol–water partition coefficient (Wildman–Crippen LogP) is 0.618. The second-order valence-electron chi connectivity index (χ2n) is 5.41. The zero-order valence-electron chi connectivity index (χ0n) is 12.3. The summed E-state index contributed by atoms with van der Waals surface area (Å²) in [6, 6.07) is 4.45. The Labute approximate surface area is 123 Å². The molecule has 1 amide bonds. The third-order valence-electron chi connectivity index (χ3n) is 3.86. The minimum atomic E-state index is -0.442. The Bertz CT molecular complexity index is 561. The van der Waals surface area contributed by atoms with Crippen LogP contribution in [0.15, 0.2) is 18.2 Å². The molecule has 0 aliphatic carbocycles. The molecule has 0 radical (unpaired) electrons. The molecular weight excluding hydrogens is 272 g/mol. The molecule has 1 aromatic carbocycles. The van der Waals surface area contributed by atoms with Gasteiger partial charge in [0.05, 0.1) is 11.0 Å². The van der Waals surface area contributed by atoms with E-state index in [1.54, 1.807) is 17.9 Å². The van der Waals surface area contributed by atoms with E-state index < -0.39 is 4.92 Å². The Morgan fingerprint density at radius 1 is 1.48 bits per heavy atom. The number of nitrogens with zero attached hydrogens (tertiary/aromatic N) is 3. The van der Waals surface area contributed by atoms with Crippen molar-refractivity contribution in [1.82, 2.24) is 9.80 Å². The lowest BCUT2D eigenvalue weighted by atomic mass is 10.1. The van der Waals surface area contributed by atoms with E-state index in [0.717, 1.165) is 13.1 Å². The first kappa shape index (κ1) is 15.4. The van der Waals surface area contributed by atoms with E-state index in [0.29, 0.717) is 24.2 Å². The van der Waals surface area contributed by atoms with Crippen LogP contribution >= 0.6 is 0 Å². The summed E-state index contributed by atoms with van der Waals surface area (Å²) < 4.78 is 0. The molecule has 7 heteroatoms. The molecule has 0 spiro atoms. The molecule has 0 bridgehead atoms. The van der Waals surface area contributed by atoms with Gasteiger partial charge in [0.1, 0.15) is 0 Å². The monoisotopic (exact) mass is 292 g/mol. The first-order chi connectivity index (χ1) is 9.93. The number of aryl methyl sites for hydroxylation is 1. The number of likely N-dealkylation sites (N-methyl/N-ethyl adjacent to an activating group) is 1. The predicted molar refractivity (Wildman–Crippen MR) is 79.2 cm³/mol. The molecule has 1 atom stereocenters. The molecule has 1 aromatic rings. The Hall–Kier alpha value is -1.99. The van der Waals surface area contributed by atoms with Crippen molar-refractivity contribution in [3.05, 3.63) is 39.4 Å². The van der Waals surface area contributed by atoms with Gasteiger partial charge in [-0.3, -0.25) is 14.9 Å². The number of hydrogen-bond acceptors (Lipinski definition) is 5. The molecule has 1 fully saturated rings. The van der Waals surface area contributed by atoms with Crippen molar-refractivity contribution in [3.63, 3.8) is 0 Å². The molecule has 7 nitrogen and oxygen atoms in total. The summed E-state index contributed by atoms with van der Waals surface area (Å²) in [5.74, 6) is -0.114. The normalized spacial score (nSPS) is 19.6. The molecule has 1 saturated heterocycles. The number of carbonyl (C=O) groups excluding carboxylic acids is 1. The van der Waals surface area contributed by atoms with Crippen molar-refractivity contribution in [2.75, 3.05) is 33.2 Å². The maximum atomic E-state index is 12.6. The number of rotatable bonds is 3. The van der Waals surface area contributed by atoms with Gasteiger partial charge in [0.15, 0.2) is 0 Å². The maximum Gasteiger partial charge on any atom is 0.272 e. The highest BCUT2D eigenvalue weighted by Crippen LogP contribution is 2.21. The highest BCUT2D eigenvalue weighted by Gasteiger charge is 2.29. The number of amides is 1. The fourth-order valence-electron chi connectivity index (χ4n) is 2.64. The van der Waals surface area contributed by atoms with E-state index >= 15 is 0 Å². The molecule has 2 N–H and O–H groups in total. The van der Waals surface area contributed by atoms with Crippen LogP contribution < -0.4 is 5.73 Å². The van der Waals surface area contributed by atoms with E-state index in [4.69, 9.17) is 5.73 Å². The van der Waals surface area contributed by atoms with E-state index in [1.165, 1.54) is 12.1 Å². The fourth-order valence-corrected chi connectivity index (χ4v) is 2.64. The molecule has 114 valence electrons. The second-order valence-corrected chi connectivity index (χ2v) is 5.41. The number of carbonyl (C=O) groups is 1. The molecule has 2 rings (SSSR count). The Balaban J connectivity index is 2.23. The average Bonchev–Trinajstić information content (AvgIpc) is 2.45. The van der Waals surface area contributed by atoms with Crippen molar-refractivity contribution in [2.24, 2.45) is 5.73 Å². The first-order valence-corrected chi connectivity index (χ1v) is 6.88. The maximum absolute atomic E-state index is 12.6. The lowest BCUT2D eigenvalue weighted by Crippen LogP contribution is -2.56. The van der Waals surface area contributed by atoms with Crippen molar-refractivity contribution >= 4 is 11.6 Å². The summed E-state index contributed by atoms with van der Waals surface area (Å²) in [4.78, 5) is 26.9. The SMILES string of the molecule is Cc1cc(C(=O)N2CCN(C)CC2CN)ccc1[N+](=O)[O-]. The van der Waals surface area contributed by atoms with Gasteiger partial charge in [0.2, 0.25) is 0 Å². The van der Waals surface area contributed by atoms with Gasteiger partial charge >= 0.3 is 0 Å². The Kier molecular flexibility index (Phi) is 4.54. The summed E-state index contributed by atoms with van der Waals surface area (Å²) in [6.07, 6.45) is 0. The Morgan fingerprint density at radius 3 is 2.76 bits per heavy atom. The van der Waals surface area contributed by atoms with E-state index in [1.807, 2.05) is 7.05 Å². The topological polar surface area (TPSA) is 92.7 Å². The minimum absolute atomic E-state index is 0.0215. The van der Waals surface area contributed by atoms with Crippen LogP contribution in [0.1, 0.15) is 15.9 Å². The smallest absolute Gasteiger partial charge is 0.272 e. The third kappa shape index (κ3) is 3.20. The van der Waals surface area contributed by atoms with Gasteiger partial charge in [-0.1, -0.05) is 0 Å². The molecule has 1 aliphatic rings. The summed E-state index contributed by atoms with van der Waals surface area (Å²) >= 11 is 0. The van der Waals surface area contributed by atoms with Crippen LogP contribution in [0, 0.1) is 17.0 Å². The second kappa shape index (κ2) is 6.19. The number of benzene rings is 1. The van der Waals surface area contributed by atoms with Crippen LogP contribution in [0.3, 0.4) is 0 Å². The molecule has 21 heavy (non-hydrogen) atoms. The Morgan fingerprint density at radius 2 is 2.19 bits per heavy atom. The van der Waals surface area contributed by atoms with Crippen LogP contribution in [-0.4, -0.2) is 59.9 Å². The van der Waals surface area contributed by atoms with E-state index in [9.17, 15) is 14.9 Å². The molecule has 1 heterocycles. The van der Waals surface area contributed by atoms with E-state index in [-0.39, 0.29) is 17.6 Å². The molecular formula is C14H20N4O3. The van der Waals surface area contributed by atoms with Crippen molar-refractivity contribution in [2.45, 2.75) is 13.0 Å². The van der Waals surface area contributed by atoms with Crippen LogP contribution in [0.5, 0.6) is 0 Å². The van der Waals surface area contributed by atoms with Gasteiger partial charge in [-0.2, -0.15) is 0 Å². The van der Waals surface area contributed by atoms with Crippen LogP contribution in [0.2, 0.25) is 0 Å². The number of nitrogens with two attached hydrogens (primary N) is 1. The third-order valence-corrected chi connectivity index (χ3v) is 3.86. The van der Waals surface area contributed by atoms with Gasteiger partial charge in [-0.05, 0) is 26.1 Å². The number of nitro benzene ring substituents is 1. The van der Waals surface area contributed by atoms with Gasteiger partial charge in [-0.25, -0.2) is 0 Å². The molecule has 0 saturated carbocycles. The van der Waals surface area contributed by atoms with E-state index in [2.05, 4.69) is 4.90 Å². The van der Waals surface area contributed by atoms with Crippen molar-refractivity contribution in [1.29, 1.82) is 0 Å². The standard InChI is InChI=1S/C14H20N4O3/c1-10-7-11(3-4-13(10)18(20)21)14(19)17-6-5-16(2)9-12(17)8-15/h3-4,7,12H,5-6,8-9,15H2,1-2H3. The zero-order chi connectivity index (χ0) is 15.6. The van der Waals surface area contributed by atoms with Crippen molar-refractivity contribution in [3.8, 4) is 0 Å². The summed E-state index contributed by atoms with van der Waals surface area (Å²) in [5, 5.41) is 10.8. The van der Waals surface area contributed by atoms with Gasteiger partial charge in [0, 0.05) is 43.4 Å². The average molecular weight is 292 g/mol. The van der Waals surface area contributed by atoms with Gasteiger partial charge < -0.3 is 15.5 Å². The highest BCUT2D eigenvalue weighted by molar-refractivity contribution is 5.95. The fraction of sp³-hybridized carbons (Fsp3) is 0.500. The minimum Gasteiger partial charge on any atom is -0.332 e. The quantitative estimate of drug-likeness (QED) is 0.651. The number of nitro groups is 1. The zero-order valence-corrected chi connectivity index (χ0v) is 12.3. The van der Waals surface area contributed by atoms with Crippen LogP contribution in [-0.2, 0) is 0 Å². The summed E-state index contributed by atoms with van der Waals surface area (Å²) in [5.41, 5.74) is 6.75. The highest BCUT2D eigenvalue weighted by atomic mass is 16.6. The summed E-state index contributed by atoms with van der Waals surface area (Å²) in [7, 11) is 2.00.